The minimum atomic E-state index is -0.905. The van der Waals surface area contributed by atoms with Gasteiger partial charge < -0.3 is 14.7 Å². The summed E-state index contributed by atoms with van der Waals surface area (Å²) in [4.78, 5) is 23.6. The van der Waals surface area contributed by atoms with E-state index in [1.165, 1.54) is 0 Å². The molecule has 0 aliphatic carbocycles. The molecule has 0 saturated carbocycles. The van der Waals surface area contributed by atoms with Crippen molar-refractivity contribution in [3.63, 3.8) is 0 Å². The van der Waals surface area contributed by atoms with Crippen molar-refractivity contribution in [3.05, 3.63) is 12.7 Å². The van der Waals surface area contributed by atoms with Crippen molar-refractivity contribution in [3.8, 4) is 0 Å². The van der Waals surface area contributed by atoms with Gasteiger partial charge in [-0.15, -0.1) is 6.58 Å². The van der Waals surface area contributed by atoms with Crippen LogP contribution >= 0.6 is 0 Å². The van der Waals surface area contributed by atoms with Crippen LogP contribution in [0.1, 0.15) is 12.8 Å². The van der Waals surface area contributed by atoms with Gasteiger partial charge in [0, 0.05) is 19.5 Å². The number of hydrogen-bond donors (Lipinski definition) is 1. The highest BCUT2D eigenvalue weighted by atomic mass is 16.5. The first kappa shape index (κ1) is 11.7. The standard InChI is InChI=1S/C10H15NO4/c1-2-3-9(12)11-4-5-15-8(7-11)6-10(13)14/h2,8H,1,3-7H2,(H,13,14). The zero-order valence-electron chi connectivity index (χ0n) is 8.52. The summed E-state index contributed by atoms with van der Waals surface area (Å²) in [5, 5.41) is 8.59. The number of rotatable bonds is 4. The third-order valence-electron chi connectivity index (χ3n) is 2.21. The lowest BCUT2D eigenvalue weighted by atomic mass is 10.2. The summed E-state index contributed by atoms with van der Waals surface area (Å²) in [6.07, 6.45) is 1.40. The molecule has 1 heterocycles. The summed E-state index contributed by atoms with van der Waals surface area (Å²) in [5.74, 6) is -0.929. The first-order valence-corrected chi connectivity index (χ1v) is 4.85. The Morgan fingerprint density at radius 1 is 1.60 bits per heavy atom. The minimum absolute atomic E-state index is 0.0244. The average molecular weight is 213 g/mol. The third kappa shape index (κ3) is 3.71. The molecule has 0 aromatic rings. The van der Waals surface area contributed by atoms with Crippen molar-refractivity contribution < 1.29 is 19.4 Å². The fourth-order valence-electron chi connectivity index (χ4n) is 1.52. The molecule has 1 unspecified atom stereocenters. The molecular formula is C10H15NO4. The smallest absolute Gasteiger partial charge is 0.306 e. The molecule has 0 bridgehead atoms. The zero-order valence-corrected chi connectivity index (χ0v) is 8.52. The van der Waals surface area contributed by atoms with E-state index in [1.807, 2.05) is 0 Å². The molecule has 1 aliphatic rings. The summed E-state index contributed by atoms with van der Waals surface area (Å²) in [5.41, 5.74) is 0. The van der Waals surface area contributed by atoms with Gasteiger partial charge in [0.1, 0.15) is 0 Å². The van der Waals surface area contributed by atoms with Crippen LogP contribution in [0.2, 0.25) is 0 Å². The number of carboxylic acids is 1. The number of aliphatic carboxylic acids is 1. The number of carboxylic acid groups (broad SMARTS) is 1. The zero-order chi connectivity index (χ0) is 11.3. The van der Waals surface area contributed by atoms with Crippen LogP contribution in [-0.4, -0.2) is 47.7 Å². The number of amides is 1. The third-order valence-corrected chi connectivity index (χ3v) is 2.21. The Bertz CT molecular complexity index is 264. The lowest BCUT2D eigenvalue weighted by Gasteiger charge is -2.32. The summed E-state index contributed by atoms with van der Waals surface area (Å²) in [6, 6.07) is 0. The fraction of sp³-hybridized carbons (Fsp3) is 0.600. The number of nitrogens with zero attached hydrogens (tertiary/aromatic N) is 1. The lowest BCUT2D eigenvalue weighted by Crippen LogP contribution is -2.46. The molecule has 1 N–H and O–H groups in total. The molecule has 0 radical (unpaired) electrons. The quantitative estimate of drug-likeness (QED) is 0.680. The first-order chi connectivity index (χ1) is 7.13. The fourth-order valence-corrected chi connectivity index (χ4v) is 1.52. The maximum atomic E-state index is 11.5. The number of hydrogen-bond acceptors (Lipinski definition) is 3. The molecule has 1 atom stereocenters. The highest BCUT2D eigenvalue weighted by molar-refractivity contribution is 5.77. The molecular weight excluding hydrogens is 198 g/mol. The molecule has 84 valence electrons. The van der Waals surface area contributed by atoms with Gasteiger partial charge in [0.15, 0.2) is 0 Å². The highest BCUT2D eigenvalue weighted by Crippen LogP contribution is 2.09. The van der Waals surface area contributed by atoms with Crippen molar-refractivity contribution in [2.45, 2.75) is 18.9 Å². The first-order valence-electron chi connectivity index (χ1n) is 4.85. The normalized spacial score (nSPS) is 21.1. The van der Waals surface area contributed by atoms with Crippen LogP contribution in [0.3, 0.4) is 0 Å². The Morgan fingerprint density at radius 3 is 2.93 bits per heavy atom. The number of ether oxygens (including phenoxy) is 1. The van der Waals surface area contributed by atoms with Gasteiger partial charge in [0.05, 0.1) is 19.1 Å². The highest BCUT2D eigenvalue weighted by Gasteiger charge is 2.24. The van der Waals surface area contributed by atoms with Crippen LogP contribution in [0.5, 0.6) is 0 Å². The largest absolute Gasteiger partial charge is 0.481 e. The second kappa shape index (κ2) is 5.50. The summed E-state index contributed by atoms with van der Waals surface area (Å²) >= 11 is 0. The maximum Gasteiger partial charge on any atom is 0.306 e. The summed E-state index contributed by atoms with van der Waals surface area (Å²) in [7, 11) is 0. The van der Waals surface area contributed by atoms with Crippen molar-refractivity contribution in [1.82, 2.24) is 4.90 Å². The van der Waals surface area contributed by atoms with Crippen LogP contribution in [0.15, 0.2) is 12.7 Å². The van der Waals surface area contributed by atoms with E-state index >= 15 is 0 Å². The van der Waals surface area contributed by atoms with E-state index in [0.29, 0.717) is 26.1 Å². The van der Waals surface area contributed by atoms with Gasteiger partial charge in [-0.1, -0.05) is 6.08 Å². The molecule has 0 aromatic heterocycles. The van der Waals surface area contributed by atoms with Crippen molar-refractivity contribution >= 4 is 11.9 Å². The van der Waals surface area contributed by atoms with E-state index in [0.717, 1.165) is 0 Å². The maximum absolute atomic E-state index is 11.5. The molecule has 1 saturated heterocycles. The minimum Gasteiger partial charge on any atom is -0.481 e. The second-order valence-electron chi connectivity index (χ2n) is 3.42. The van der Waals surface area contributed by atoms with E-state index in [-0.39, 0.29) is 18.4 Å². The topological polar surface area (TPSA) is 66.8 Å². The number of carbonyl (C=O) groups excluding carboxylic acids is 1. The van der Waals surface area contributed by atoms with Gasteiger partial charge in [0.2, 0.25) is 5.91 Å². The second-order valence-corrected chi connectivity index (χ2v) is 3.42. The van der Waals surface area contributed by atoms with Crippen LogP contribution < -0.4 is 0 Å². The Hall–Kier alpha value is -1.36. The van der Waals surface area contributed by atoms with E-state index in [9.17, 15) is 9.59 Å². The summed E-state index contributed by atoms with van der Waals surface area (Å²) in [6.45, 7) is 4.78. The predicted octanol–water partition coefficient (Wildman–Crippen LogP) is 0.265. The predicted molar refractivity (Wildman–Crippen MR) is 53.4 cm³/mol. The van der Waals surface area contributed by atoms with E-state index in [1.54, 1.807) is 11.0 Å². The lowest BCUT2D eigenvalue weighted by molar-refractivity contribution is -0.147. The Labute approximate surface area is 88.3 Å². The van der Waals surface area contributed by atoms with Gasteiger partial charge in [-0.05, 0) is 0 Å². The van der Waals surface area contributed by atoms with Crippen LogP contribution in [0, 0.1) is 0 Å². The number of morpholine rings is 1. The molecule has 1 aliphatic heterocycles. The van der Waals surface area contributed by atoms with Crippen LogP contribution in [0.4, 0.5) is 0 Å². The van der Waals surface area contributed by atoms with Crippen LogP contribution in [0.25, 0.3) is 0 Å². The molecule has 1 rings (SSSR count). The van der Waals surface area contributed by atoms with Crippen molar-refractivity contribution in [1.29, 1.82) is 0 Å². The molecule has 0 spiro atoms. The summed E-state index contributed by atoms with van der Waals surface area (Å²) < 4.78 is 5.25. The monoisotopic (exact) mass is 213 g/mol. The van der Waals surface area contributed by atoms with Crippen LogP contribution in [-0.2, 0) is 14.3 Å². The molecule has 15 heavy (non-hydrogen) atoms. The molecule has 1 fully saturated rings. The van der Waals surface area contributed by atoms with Gasteiger partial charge in [0.25, 0.3) is 0 Å². The SMILES string of the molecule is C=CCC(=O)N1CCOC(CC(=O)O)C1. The van der Waals surface area contributed by atoms with E-state index < -0.39 is 5.97 Å². The number of carbonyl (C=O) groups is 2. The van der Waals surface area contributed by atoms with Crippen molar-refractivity contribution in [2.75, 3.05) is 19.7 Å². The van der Waals surface area contributed by atoms with Gasteiger partial charge in [-0.3, -0.25) is 9.59 Å². The van der Waals surface area contributed by atoms with E-state index in [4.69, 9.17) is 9.84 Å². The Balaban J connectivity index is 2.44. The van der Waals surface area contributed by atoms with Gasteiger partial charge >= 0.3 is 5.97 Å². The van der Waals surface area contributed by atoms with Gasteiger partial charge in [-0.2, -0.15) is 0 Å². The Kier molecular flexibility index (Phi) is 4.30. The molecule has 1 amide bonds. The van der Waals surface area contributed by atoms with Crippen molar-refractivity contribution in [2.24, 2.45) is 0 Å². The molecule has 0 aromatic carbocycles. The molecule has 5 heteroatoms. The van der Waals surface area contributed by atoms with E-state index in [2.05, 4.69) is 6.58 Å². The molecule has 5 nitrogen and oxygen atoms in total. The Morgan fingerprint density at radius 2 is 2.33 bits per heavy atom. The van der Waals surface area contributed by atoms with Gasteiger partial charge in [-0.25, -0.2) is 0 Å². The average Bonchev–Trinajstić information content (AvgIpc) is 2.17.